The molecule has 1 heterocycles. The summed E-state index contributed by atoms with van der Waals surface area (Å²) in [5.74, 6) is -0.277. The maximum absolute atomic E-state index is 14.1. The Morgan fingerprint density at radius 3 is 2.78 bits per heavy atom. The summed E-state index contributed by atoms with van der Waals surface area (Å²) >= 11 is 3.20. The number of hydrogen-bond donors (Lipinski definition) is 1. The molecule has 23 heavy (non-hydrogen) atoms. The van der Waals surface area contributed by atoms with E-state index in [0.29, 0.717) is 23.2 Å². The number of halogens is 2. The van der Waals surface area contributed by atoms with E-state index in [0.717, 1.165) is 19.3 Å². The fourth-order valence-electron chi connectivity index (χ4n) is 2.58. The molecule has 1 aromatic carbocycles. The van der Waals surface area contributed by atoms with E-state index < -0.39 is 5.60 Å². The van der Waals surface area contributed by atoms with Crippen LogP contribution < -0.4 is 5.32 Å². The predicted molar refractivity (Wildman–Crippen MR) is 93.2 cm³/mol. The highest BCUT2D eigenvalue weighted by atomic mass is 79.9. The summed E-state index contributed by atoms with van der Waals surface area (Å²) in [6.07, 6.45) is 2.26. The van der Waals surface area contributed by atoms with E-state index in [2.05, 4.69) is 21.2 Å². The number of benzene rings is 1. The molecule has 2 rings (SSSR count). The lowest BCUT2D eigenvalue weighted by Gasteiger charge is -2.26. The van der Waals surface area contributed by atoms with E-state index in [1.807, 2.05) is 20.8 Å². The Bertz CT molecular complexity index is 560. The maximum Gasteiger partial charge on any atom is 0.410 e. The highest BCUT2D eigenvalue weighted by Gasteiger charge is 2.25. The number of carbonyl (C=O) groups is 1. The summed E-state index contributed by atoms with van der Waals surface area (Å²) in [5.41, 5.74) is 0.00982. The van der Waals surface area contributed by atoms with Crippen LogP contribution in [-0.2, 0) is 4.74 Å². The summed E-state index contributed by atoms with van der Waals surface area (Å²) in [7, 11) is 0. The molecule has 1 aliphatic rings. The number of amides is 1. The summed E-state index contributed by atoms with van der Waals surface area (Å²) in [6.45, 7) is 6.88. The lowest BCUT2D eigenvalue weighted by atomic mass is 10.1. The number of ether oxygens (including phenoxy) is 1. The minimum absolute atomic E-state index is 0.145. The molecule has 0 bridgehead atoms. The first-order valence-electron chi connectivity index (χ1n) is 7.95. The van der Waals surface area contributed by atoms with E-state index in [4.69, 9.17) is 4.74 Å². The van der Waals surface area contributed by atoms with Crippen LogP contribution >= 0.6 is 15.9 Å². The van der Waals surface area contributed by atoms with Crippen LogP contribution in [0.15, 0.2) is 22.7 Å². The molecule has 1 saturated heterocycles. The SMILES string of the molecule is CC(C)(C)OC(=O)N1CCCC(Nc2cccc(Br)c2F)CC1. The molecule has 0 radical (unpaired) electrons. The van der Waals surface area contributed by atoms with Gasteiger partial charge in [0.05, 0.1) is 10.2 Å². The summed E-state index contributed by atoms with van der Waals surface area (Å²) in [4.78, 5) is 13.9. The molecule has 6 heteroatoms. The first-order valence-corrected chi connectivity index (χ1v) is 8.74. The molecule has 1 fully saturated rings. The van der Waals surface area contributed by atoms with E-state index in [1.165, 1.54) is 0 Å². The third-order valence-corrected chi connectivity index (χ3v) is 4.30. The van der Waals surface area contributed by atoms with Gasteiger partial charge in [0.25, 0.3) is 0 Å². The predicted octanol–water partition coefficient (Wildman–Crippen LogP) is 4.79. The highest BCUT2D eigenvalue weighted by molar-refractivity contribution is 9.10. The second-order valence-electron chi connectivity index (χ2n) is 6.84. The summed E-state index contributed by atoms with van der Waals surface area (Å²) in [5, 5.41) is 3.25. The molecule has 1 atom stereocenters. The zero-order valence-electron chi connectivity index (χ0n) is 13.9. The minimum atomic E-state index is -0.486. The number of nitrogens with one attached hydrogen (secondary N) is 1. The van der Waals surface area contributed by atoms with Crippen molar-refractivity contribution in [2.45, 2.75) is 51.7 Å². The molecule has 128 valence electrons. The molecule has 0 aliphatic carbocycles. The van der Waals surface area contributed by atoms with E-state index in [9.17, 15) is 9.18 Å². The van der Waals surface area contributed by atoms with Gasteiger partial charge in [-0.25, -0.2) is 9.18 Å². The minimum Gasteiger partial charge on any atom is -0.444 e. The van der Waals surface area contributed by atoms with Crippen molar-refractivity contribution in [3.63, 3.8) is 0 Å². The Morgan fingerprint density at radius 2 is 2.09 bits per heavy atom. The van der Waals surface area contributed by atoms with Gasteiger partial charge in [-0.05, 0) is 68.1 Å². The van der Waals surface area contributed by atoms with Gasteiger partial charge < -0.3 is 15.0 Å². The van der Waals surface area contributed by atoms with Crippen LogP contribution in [0, 0.1) is 5.82 Å². The number of likely N-dealkylation sites (tertiary alicyclic amines) is 1. The van der Waals surface area contributed by atoms with Gasteiger partial charge in [-0.1, -0.05) is 6.07 Å². The molecular formula is C17H24BrFN2O2. The van der Waals surface area contributed by atoms with Crippen molar-refractivity contribution in [3.05, 3.63) is 28.5 Å². The molecule has 0 spiro atoms. The fraction of sp³-hybridized carbons (Fsp3) is 0.588. The van der Waals surface area contributed by atoms with Crippen LogP contribution in [0.25, 0.3) is 0 Å². The van der Waals surface area contributed by atoms with Gasteiger partial charge in [0.2, 0.25) is 0 Å². The topological polar surface area (TPSA) is 41.6 Å². The number of anilines is 1. The lowest BCUT2D eigenvalue weighted by molar-refractivity contribution is 0.0256. The van der Waals surface area contributed by atoms with Crippen LogP contribution in [0.1, 0.15) is 40.0 Å². The highest BCUT2D eigenvalue weighted by Crippen LogP contribution is 2.25. The standard InChI is InChI=1S/C17H24BrFN2O2/c1-17(2,3)23-16(22)21-10-5-6-12(9-11-21)20-14-8-4-7-13(18)15(14)19/h4,7-8,12,20H,5-6,9-11H2,1-3H3. The zero-order valence-corrected chi connectivity index (χ0v) is 15.5. The third-order valence-electron chi connectivity index (χ3n) is 3.69. The second-order valence-corrected chi connectivity index (χ2v) is 7.70. The lowest BCUT2D eigenvalue weighted by Crippen LogP contribution is -2.37. The smallest absolute Gasteiger partial charge is 0.410 e. The van der Waals surface area contributed by atoms with Crippen molar-refractivity contribution in [1.82, 2.24) is 4.90 Å². The normalized spacial score (nSPS) is 19.2. The molecule has 1 aliphatic heterocycles. The van der Waals surface area contributed by atoms with Gasteiger partial charge >= 0.3 is 6.09 Å². The Balaban J connectivity index is 1.93. The van der Waals surface area contributed by atoms with Gasteiger partial charge in [0, 0.05) is 19.1 Å². The van der Waals surface area contributed by atoms with Crippen LogP contribution in [0.3, 0.4) is 0 Å². The number of hydrogen-bond acceptors (Lipinski definition) is 3. The van der Waals surface area contributed by atoms with Crippen LogP contribution in [0.2, 0.25) is 0 Å². The second kappa shape index (κ2) is 7.51. The molecular weight excluding hydrogens is 363 g/mol. The van der Waals surface area contributed by atoms with E-state index >= 15 is 0 Å². The Kier molecular flexibility index (Phi) is 5.89. The molecule has 1 unspecified atom stereocenters. The molecule has 0 aromatic heterocycles. The number of nitrogens with zero attached hydrogens (tertiary/aromatic N) is 1. The molecule has 1 aromatic rings. The fourth-order valence-corrected chi connectivity index (χ4v) is 2.95. The number of rotatable bonds is 2. The van der Waals surface area contributed by atoms with Gasteiger partial charge in [0.15, 0.2) is 5.82 Å². The monoisotopic (exact) mass is 386 g/mol. The van der Waals surface area contributed by atoms with Gasteiger partial charge in [-0.2, -0.15) is 0 Å². The van der Waals surface area contributed by atoms with Crippen LogP contribution in [-0.4, -0.2) is 35.7 Å². The third kappa shape index (κ3) is 5.37. The van der Waals surface area contributed by atoms with Crippen LogP contribution in [0.4, 0.5) is 14.9 Å². The van der Waals surface area contributed by atoms with Crippen molar-refractivity contribution in [2.24, 2.45) is 0 Å². The average molecular weight is 387 g/mol. The van der Waals surface area contributed by atoms with Crippen molar-refractivity contribution >= 4 is 27.7 Å². The Morgan fingerprint density at radius 1 is 1.35 bits per heavy atom. The molecule has 4 nitrogen and oxygen atoms in total. The molecule has 1 amide bonds. The van der Waals surface area contributed by atoms with Crippen molar-refractivity contribution in [2.75, 3.05) is 18.4 Å². The van der Waals surface area contributed by atoms with Gasteiger partial charge in [0.1, 0.15) is 5.60 Å². The first kappa shape index (κ1) is 18.0. The van der Waals surface area contributed by atoms with Crippen molar-refractivity contribution < 1.29 is 13.9 Å². The van der Waals surface area contributed by atoms with Gasteiger partial charge in [-0.15, -0.1) is 0 Å². The Labute approximate surface area is 145 Å². The first-order chi connectivity index (χ1) is 10.8. The largest absolute Gasteiger partial charge is 0.444 e. The van der Waals surface area contributed by atoms with Crippen molar-refractivity contribution in [1.29, 1.82) is 0 Å². The van der Waals surface area contributed by atoms with Gasteiger partial charge in [-0.3, -0.25) is 0 Å². The molecule has 0 saturated carbocycles. The summed E-state index contributed by atoms with van der Waals surface area (Å²) in [6, 6.07) is 5.36. The maximum atomic E-state index is 14.1. The molecule has 1 N–H and O–H groups in total. The van der Waals surface area contributed by atoms with E-state index in [1.54, 1.807) is 23.1 Å². The van der Waals surface area contributed by atoms with E-state index in [-0.39, 0.29) is 18.0 Å². The van der Waals surface area contributed by atoms with Crippen molar-refractivity contribution in [3.8, 4) is 0 Å². The van der Waals surface area contributed by atoms with Crippen LogP contribution in [0.5, 0.6) is 0 Å². The summed E-state index contributed by atoms with van der Waals surface area (Å²) < 4.78 is 19.9. The zero-order chi connectivity index (χ0) is 17.0. The number of carbonyl (C=O) groups excluding carboxylic acids is 1. The quantitative estimate of drug-likeness (QED) is 0.794. The Hall–Kier alpha value is -1.30. The average Bonchev–Trinajstić information content (AvgIpc) is 2.68.